The molecule has 0 aromatic heterocycles. The van der Waals surface area contributed by atoms with Crippen LogP contribution in [0.4, 0.5) is 0 Å². The topological polar surface area (TPSA) is 0 Å². The van der Waals surface area contributed by atoms with Crippen molar-refractivity contribution in [3.63, 3.8) is 0 Å². The van der Waals surface area contributed by atoms with Crippen molar-refractivity contribution < 1.29 is 0 Å². The van der Waals surface area contributed by atoms with E-state index >= 15 is 0 Å². The number of hydrogen-bond acceptors (Lipinski definition) is 0. The minimum atomic E-state index is 0.621. The summed E-state index contributed by atoms with van der Waals surface area (Å²) in [7, 11) is 0. The average molecular weight is 296 g/mol. The van der Waals surface area contributed by atoms with Crippen LogP contribution in [-0.2, 0) is 0 Å². The lowest BCUT2D eigenvalue weighted by Gasteiger charge is -2.10. The predicted molar refractivity (Wildman–Crippen MR) is 100 cm³/mol. The molecule has 0 saturated heterocycles. The maximum absolute atomic E-state index is 3.95. The molecule has 0 radical (unpaired) electrons. The van der Waals surface area contributed by atoms with Crippen molar-refractivity contribution in [2.24, 2.45) is 5.92 Å². The van der Waals surface area contributed by atoms with Gasteiger partial charge in [0.05, 0.1) is 0 Å². The summed E-state index contributed by atoms with van der Waals surface area (Å²) in [6.45, 7) is 8.45. The molecule has 0 aliphatic rings. The molecule has 0 bridgehead atoms. The van der Waals surface area contributed by atoms with E-state index in [9.17, 15) is 0 Å². The normalized spacial score (nSPS) is 14.5. The fourth-order valence-corrected chi connectivity index (χ4v) is 2.61. The van der Waals surface area contributed by atoms with Crippen LogP contribution in [0.25, 0.3) is 0 Å². The Bertz CT molecular complexity index is 438. The smallest absolute Gasteiger partial charge is 0.0187 e. The third-order valence-corrected chi connectivity index (χ3v) is 4.18. The summed E-state index contributed by atoms with van der Waals surface area (Å²) in [5, 5.41) is 0. The lowest BCUT2D eigenvalue weighted by Crippen LogP contribution is -1.93. The molecule has 120 valence electrons. The van der Waals surface area contributed by atoms with Gasteiger partial charge >= 0.3 is 0 Å². The Morgan fingerprint density at radius 2 is 1.64 bits per heavy atom. The van der Waals surface area contributed by atoms with Crippen molar-refractivity contribution in [1.82, 2.24) is 0 Å². The van der Waals surface area contributed by atoms with Gasteiger partial charge in [-0.25, -0.2) is 0 Å². The van der Waals surface area contributed by atoms with Crippen LogP contribution in [0, 0.1) is 5.92 Å². The second-order valence-corrected chi connectivity index (χ2v) is 6.05. The molecular formula is C22H32. The first-order valence-corrected chi connectivity index (χ1v) is 8.75. The van der Waals surface area contributed by atoms with Gasteiger partial charge in [0, 0.05) is 0 Å². The van der Waals surface area contributed by atoms with Crippen LogP contribution in [0.1, 0.15) is 63.9 Å². The summed E-state index contributed by atoms with van der Waals surface area (Å²) in [6.07, 6.45) is 18.4. The molecule has 2 unspecified atom stereocenters. The molecule has 0 fully saturated rings. The van der Waals surface area contributed by atoms with E-state index in [4.69, 9.17) is 0 Å². The zero-order chi connectivity index (χ0) is 16.0. The van der Waals surface area contributed by atoms with E-state index in [1.54, 1.807) is 0 Å². The van der Waals surface area contributed by atoms with Gasteiger partial charge in [-0.3, -0.25) is 0 Å². The largest absolute Gasteiger partial charge is 0.103 e. The van der Waals surface area contributed by atoms with Gasteiger partial charge in [-0.1, -0.05) is 74.6 Å². The third kappa shape index (κ3) is 8.02. The van der Waals surface area contributed by atoms with Gasteiger partial charge in [-0.15, -0.1) is 6.58 Å². The minimum absolute atomic E-state index is 0.621. The summed E-state index contributed by atoms with van der Waals surface area (Å²) in [4.78, 5) is 0. The van der Waals surface area contributed by atoms with Crippen molar-refractivity contribution in [3.05, 3.63) is 72.9 Å². The molecule has 1 aromatic rings. The number of benzene rings is 1. The lowest BCUT2D eigenvalue weighted by atomic mass is 9.96. The van der Waals surface area contributed by atoms with Gasteiger partial charge in [0.2, 0.25) is 0 Å². The molecule has 0 nitrogen and oxygen atoms in total. The molecule has 0 spiro atoms. The van der Waals surface area contributed by atoms with Crippen molar-refractivity contribution in [2.45, 2.75) is 58.3 Å². The van der Waals surface area contributed by atoms with Crippen LogP contribution in [0.2, 0.25) is 0 Å². The van der Waals surface area contributed by atoms with E-state index in [1.165, 1.54) is 24.8 Å². The summed E-state index contributed by atoms with van der Waals surface area (Å²) in [5.74, 6) is 1.27. The Morgan fingerprint density at radius 1 is 0.955 bits per heavy atom. The summed E-state index contributed by atoms with van der Waals surface area (Å²) in [6, 6.07) is 10.8. The van der Waals surface area contributed by atoms with Crippen LogP contribution < -0.4 is 0 Å². The first-order valence-electron chi connectivity index (χ1n) is 8.75. The Balaban J connectivity index is 2.18. The zero-order valence-electron chi connectivity index (χ0n) is 14.4. The highest BCUT2D eigenvalue weighted by Crippen LogP contribution is 2.20. The molecule has 1 aromatic carbocycles. The van der Waals surface area contributed by atoms with Crippen LogP contribution >= 0.6 is 0 Å². The van der Waals surface area contributed by atoms with Gasteiger partial charge in [-0.05, 0) is 55.9 Å². The Hall–Kier alpha value is -1.56. The Labute approximate surface area is 137 Å². The van der Waals surface area contributed by atoms with Crippen molar-refractivity contribution in [2.75, 3.05) is 0 Å². The minimum Gasteiger partial charge on any atom is -0.103 e. The van der Waals surface area contributed by atoms with Crippen molar-refractivity contribution in [3.8, 4) is 0 Å². The van der Waals surface area contributed by atoms with E-state index in [2.05, 4.69) is 81.1 Å². The SMILES string of the molecule is C=CC(C/C=C/CC)CC/C=C\CCC(C)c1ccccc1. The quantitative estimate of drug-likeness (QED) is 0.383. The highest BCUT2D eigenvalue weighted by Gasteiger charge is 2.03. The van der Waals surface area contributed by atoms with E-state index in [0.717, 1.165) is 19.3 Å². The fraction of sp³-hybridized carbons (Fsp3) is 0.455. The van der Waals surface area contributed by atoms with Crippen molar-refractivity contribution in [1.29, 1.82) is 0 Å². The first-order chi connectivity index (χ1) is 10.8. The average Bonchev–Trinajstić information content (AvgIpc) is 2.57. The van der Waals surface area contributed by atoms with Crippen molar-refractivity contribution >= 4 is 0 Å². The molecule has 0 aliphatic carbocycles. The van der Waals surface area contributed by atoms with Gasteiger partial charge in [0.25, 0.3) is 0 Å². The second-order valence-electron chi connectivity index (χ2n) is 6.05. The van der Waals surface area contributed by atoms with Gasteiger partial charge < -0.3 is 0 Å². The van der Waals surface area contributed by atoms with E-state index in [0.29, 0.717) is 11.8 Å². The maximum atomic E-state index is 3.95. The molecule has 2 atom stereocenters. The number of rotatable bonds is 11. The molecule has 0 aliphatic heterocycles. The monoisotopic (exact) mass is 296 g/mol. The highest BCUT2D eigenvalue weighted by atomic mass is 14.1. The highest BCUT2D eigenvalue weighted by molar-refractivity contribution is 5.18. The number of hydrogen-bond donors (Lipinski definition) is 0. The van der Waals surface area contributed by atoms with Gasteiger partial charge in [0.1, 0.15) is 0 Å². The molecule has 0 saturated carbocycles. The molecule has 22 heavy (non-hydrogen) atoms. The first kappa shape index (κ1) is 18.5. The second kappa shape index (κ2) is 12.0. The molecule has 1 rings (SSSR count). The predicted octanol–water partition coefficient (Wildman–Crippen LogP) is 7.07. The Morgan fingerprint density at radius 3 is 2.27 bits per heavy atom. The zero-order valence-corrected chi connectivity index (χ0v) is 14.4. The molecule has 0 heteroatoms. The van der Waals surface area contributed by atoms with Crippen LogP contribution in [-0.4, -0.2) is 0 Å². The van der Waals surface area contributed by atoms with Crippen LogP contribution in [0.5, 0.6) is 0 Å². The standard InChI is InChI=1S/C22H32/c1-4-6-10-16-21(5-2)17-12-8-7-11-15-20(3)22-18-13-9-14-19-22/h5-10,13-14,18-21H,2,4,11-12,15-17H2,1,3H3/b8-7-,10-6+. The summed E-state index contributed by atoms with van der Waals surface area (Å²) in [5.41, 5.74) is 1.45. The van der Waals surface area contributed by atoms with E-state index < -0.39 is 0 Å². The lowest BCUT2D eigenvalue weighted by molar-refractivity contribution is 0.606. The molecule has 0 heterocycles. The van der Waals surface area contributed by atoms with Gasteiger partial charge in [0.15, 0.2) is 0 Å². The molecule has 0 N–H and O–H groups in total. The maximum Gasteiger partial charge on any atom is -0.0187 e. The third-order valence-electron chi connectivity index (χ3n) is 4.18. The van der Waals surface area contributed by atoms with Crippen LogP contribution in [0.15, 0.2) is 67.3 Å². The van der Waals surface area contributed by atoms with E-state index in [1.807, 2.05) is 0 Å². The molecule has 0 amide bonds. The van der Waals surface area contributed by atoms with Crippen LogP contribution in [0.3, 0.4) is 0 Å². The van der Waals surface area contributed by atoms with Gasteiger partial charge in [-0.2, -0.15) is 0 Å². The summed E-state index contributed by atoms with van der Waals surface area (Å²) >= 11 is 0. The Kier molecular flexibility index (Phi) is 10.1. The fourth-order valence-electron chi connectivity index (χ4n) is 2.61. The van der Waals surface area contributed by atoms with E-state index in [-0.39, 0.29) is 0 Å². The molecular weight excluding hydrogens is 264 g/mol. The summed E-state index contributed by atoms with van der Waals surface area (Å²) < 4.78 is 0. The number of allylic oxidation sites excluding steroid dienone is 5.